The van der Waals surface area contributed by atoms with Crippen LogP contribution in [-0.2, 0) is 9.68 Å². The predicted octanol–water partition coefficient (Wildman–Crippen LogP) is 13.6. The van der Waals surface area contributed by atoms with Crippen LogP contribution in [0.15, 0.2) is 132 Å². The molecule has 0 radical (unpaired) electrons. The third kappa shape index (κ3) is 8.09. The van der Waals surface area contributed by atoms with E-state index in [0.29, 0.717) is 11.4 Å². The number of fused-ring (bicyclic) bond motifs is 5. The normalized spacial score (nSPS) is 16.4. The van der Waals surface area contributed by atoms with Gasteiger partial charge in [-0.3, -0.25) is 20.3 Å². The van der Waals surface area contributed by atoms with Crippen molar-refractivity contribution in [1.82, 2.24) is 0 Å². The molecule has 2 amide bonds. The third-order valence-corrected chi connectivity index (χ3v) is 12.6. The first-order valence-electron chi connectivity index (χ1n) is 21.4. The van der Waals surface area contributed by atoms with Crippen molar-refractivity contribution in [2.75, 3.05) is 10.6 Å². The van der Waals surface area contributed by atoms with E-state index in [4.69, 9.17) is 9.68 Å². The van der Waals surface area contributed by atoms with Crippen LogP contribution in [0, 0.1) is 11.8 Å². The first-order chi connectivity index (χ1) is 29.0. The highest BCUT2D eigenvalue weighted by Crippen LogP contribution is 2.48. The number of anilines is 2. The van der Waals surface area contributed by atoms with Crippen LogP contribution in [0.1, 0.15) is 106 Å². The second-order valence-electron chi connectivity index (χ2n) is 16.2. The molecule has 0 heterocycles. The molecule has 0 spiro atoms. The van der Waals surface area contributed by atoms with Crippen LogP contribution in [0.3, 0.4) is 0 Å². The minimum absolute atomic E-state index is 0.184. The summed E-state index contributed by atoms with van der Waals surface area (Å²) in [5.74, 6) is 0.616. The van der Waals surface area contributed by atoms with E-state index in [0.717, 1.165) is 113 Å². The van der Waals surface area contributed by atoms with Gasteiger partial charge in [-0.15, -0.1) is 0 Å². The molecule has 3 aliphatic rings. The molecule has 0 atom stereocenters. The van der Waals surface area contributed by atoms with Gasteiger partial charge in [0.1, 0.15) is 0 Å². The zero-order valence-electron chi connectivity index (χ0n) is 33.6. The number of amides is 2. The van der Waals surface area contributed by atoms with E-state index >= 15 is 0 Å². The number of carbonyl (C=O) groups is 2. The van der Waals surface area contributed by atoms with Crippen LogP contribution in [0.2, 0.25) is 0 Å². The summed E-state index contributed by atoms with van der Waals surface area (Å²) in [5, 5.41) is 19.1. The summed E-state index contributed by atoms with van der Waals surface area (Å²) in [6, 6.07) is 40.8. The Morgan fingerprint density at radius 2 is 0.966 bits per heavy atom. The number of nitrogens with one attached hydrogen (secondary N) is 2. The van der Waals surface area contributed by atoms with Crippen molar-refractivity contribution < 1.29 is 19.3 Å². The van der Waals surface area contributed by atoms with E-state index in [9.17, 15) is 9.59 Å². The van der Waals surface area contributed by atoms with Crippen LogP contribution in [0.5, 0.6) is 0 Å². The van der Waals surface area contributed by atoms with Gasteiger partial charge in [0.15, 0.2) is 0 Å². The number of benzene rings is 6. The fraction of sp³-hybridized carbons (Fsp3) is 0.294. The van der Waals surface area contributed by atoms with Gasteiger partial charge < -0.3 is 0 Å². The fourth-order valence-corrected chi connectivity index (χ4v) is 9.71. The second kappa shape index (κ2) is 17.3. The van der Waals surface area contributed by atoms with Crippen molar-refractivity contribution in [3.05, 3.63) is 144 Å². The van der Waals surface area contributed by atoms with Crippen LogP contribution in [-0.4, -0.2) is 23.6 Å². The summed E-state index contributed by atoms with van der Waals surface area (Å²) in [7, 11) is 0. The summed E-state index contributed by atoms with van der Waals surface area (Å²) in [5.41, 5.74) is 9.81. The lowest BCUT2D eigenvalue weighted by Gasteiger charge is -2.24. The lowest BCUT2D eigenvalue weighted by atomic mass is 9.82. The maximum Gasteiger partial charge on any atom is 0.437 e. The first-order valence-corrected chi connectivity index (χ1v) is 21.4. The maximum absolute atomic E-state index is 13.3. The molecule has 0 aromatic heterocycles. The number of hydrogen-bond acceptors (Lipinski definition) is 6. The van der Waals surface area contributed by atoms with Gasteiger partial charge in [-0.1, -0.05) is 153 Å². The topological polar surface area (TPSA) is 101 Å². The van der Waals surface area contributed by atoms with Crippen molar-refractivity contribution in [2.24, 2.45) is 22.1 Å². The van der Waals surface area contributed by atoms with E-state index in [1.807, 2.05) is 84.9 Å². The monoisotopic (exact) mass is 782 g/mol. The number of rotatable bonds is 9. The van der Waals surface area contributed by atoms with Crippen molar-refractivity contribution >= 4 is 56.5 Å². The third-order valence-electron chi connectivity index (χ3n) is 12.6. The Morgan fingerprint density at radius 1 is 0.542 bits per heavy atom. The van der Waals surface area contributed by atoms with Crippen LogP contribution >= 0.6 is 0 Å². The highest BCUT2D eigenvalue weighted by atomic mass is 16.7. The largest absolute Gasteiger partial charge is 0.437 e. The number of hydrogen-bond donors (Lipinski definition) is 2. The highest BCUT2D eigenvalue weighted by Gasteiger charge is 2.31. The zero-order valence-corrected chi connectivity index (χ0v) is 33.6. The molecule has 9 rings (SSSR count). The molecule has 3 aliphatic carbocycles. The minimum Gasteiger partial charge on any atom is -0.297 e. The lowest BCUT2D eigenvalue weighted by Crippen LogP contribution is -2.21. The average Bonchev–Trinajstić information content (AvgIpc) is 3.60. The summed E-state index contributed by atoms with van der Waals surface area (Å²) >= 11 is 0. The Hall–Kier alpha value is -6.28. The molecule has 59 heavy (non-hydrogen) atoms. The van der Waals surface area contributed by atoms with Crippen LogP contribution in [0.25, 0.3) is 32.7 Å². The van der Waals surface area contributed by atoms with Gasteiger partial charge in [0, 0.05) is 39.7 Å². The maximum atomic E-state index is 13.3. The second-order valence-corrected chi connectivity index (χ2v) is 16.2. The van der Waals surface area contributed by atoms with Crippen LogP contribution in [0.4, 0.5) is 21.0 Å². The van der Waals surface area contributed by atoms with E-state index < -0.39 is 12.2 Å². The molecule has 6 aromatic carbocycles. The Kier molecular flexibility index (Phi) is 11.2. The Bertz CT molecular complexity index is 2400. The highest BCUT2D eigenvalue weighted by molar-refractivity contribution is 6.07. The average molecular weight is 783 g/mol. The van der Waals surface area contributed by atoms with Gasteiger partial charge in [0.05, 0.1) is 22.8 Å². The van der Waals surface area contributed by atoms with E-state index in [-0.39, 0.29) is 17.8 Å². The molecule has 0 saturated heterocycles. The van der Waals surface area contributed by atoms with Gasteiger partial charge in [-0.25, -0.2) is 9.59 Å². The predicted molar refractivity (Wildman–Crippen MR) is 238 cm³/mol. The van der Waals surface area contributed by atoms with Crippen molar-refractivity contribution in [2.45, 2.75) is 83.5 Å². The van der Waals surface area contributed by atoms with Gasteiger partial charge in [0.2, 0.25) is 0 Å². The molecule has 8 heteroatoms. The quantitative estimate of drug-likeness (QED) is 0.0866. The standard InChI is InChI=1S/C51H50N4O4/c1-2-39-42-29-27-37(48(35-17-5-3-6-18-35)54-58-50(56)52-46-25-13-21-33-15-9-11-23-40(33)46)31-44(42)45-32-38(28-30-43(39)45)49(36-19-7-4-8-20-36)55-59-51(57)53-47-26-14-22-34-16-10-12-24-41(34)47/h9-16,21-32,35-36,39H,2-8,17-20H2,1H3,(H,52,56)(H,53,57)/b54-48+,55-49+. The Morgan fingerprint density at radius 3 is 1.41 bits per heavy atom. The van der Waals surface area contributed by atoms with Crippen LogP contribution < -0.4 is 10.6 Å². The molecule has 8 nitrogen and oxygen atoms in total. The lowest BCUT2D eigenvalue weighted by molar-refractivity contribution is 0.164. The molecule has 6 aromatic rings. The number of oxime groups is 2. The summed E-state index contributed by atoms with van der Waals surface area (Å²) in [4.78, 5) is 38.0. The molecule has 2 fully saturated rings. The molecule has 298 valence electrons. The SMILES string of the molecule is CCC1c2ccc(/C(=N/OC(=O)Nc3cccc4ccccc34)C3CCCCC3)cc2-c2cc(/C(=N/OC(=O)Nc3cccc4ccccc34)C3CCCCC3)ccc21. The summed E-state index contributed by atoms with van der Waals surface area (Å²) in [6.45, 7) is 2.24. The fourth-order valence-electron chi connectivity index (χ4n) is 9.71. The van der Waals surface area contributed by atoms with Crippen molar-refractivity contribution in [3.63, 3.8) is 0 Å². The molecular weight excluding hydrogens is 733 g/mol. The molecule has 0 bridgehead atoms. The minimum atomic E-state index is -0.612. The van der Waals surface area contributed by atoms with Gasteiger partial charge in [-0.05, 0) is 89.4 Å². The molecule has 2 saturated carbocycles. The zero-order chi connectivity index (χ0) is 40.1. The van der Waals surface area contributed by atoms with Gasteiger partial charge in [0.25, 0.3) is 0 Å². The smallest absolute Gasteiger partial charge is 0.297 e. The van der Waals surface area contributed by atoms with Gasteiger partial charge in [-0.2, -0.15) is 0 Å². The van der Waals surface area contributed by atoms with E-state index in [2.05, 4.69) is 64.3 Å². The van der Waals surface area contributed by atoms with E-state index in [1.54, 1.807) is 0 Å². The molecule has 0 aliphatic heterocycles. The van der Waals surface area contributed by atoms with E-state index in [1.165, 1.54) is 24.0 Å². The van der Waals surface area contributed by atoms with Crippen molar-refractivity contribution in [3.8, 4) is 11.1 Å². The molecular formula is C51H50N4O4. The van der Waals surface area contributed by atoms with Gasteiger partial charge >= 0.3 is 12.2 Å². The Balaban J connectivity index is 1.03. The first kappa shape index (κ1) is 38.2. The summed E-state index contributed by atoms with van der Waals surface area (Å²) in [6.07, 6.45) is 10.6. The molecule has 0 unspecified atom stereocenters. The summed E-state index contributed by atoms with van der Waals surface area (Å²) < 4.78 is 0. The number of carbonyl (C=O) groups excluding carboxylic acids is 2. The number of nitrogens with zero attached hydrogens (tertiary/aromatic N) is 2. The molecule has 2 N–H and O–H groups in total. The van der Waals surface area contributed by atoms with Crippen molar-refractivity contribution in [1.29, 1.82) is 0 Å². The Labute approximate surface area is 345 Å².